The van der Waals surface area contributed by atoms with Crippen LogP contribution in [0.2, 0.25) is 0 Å². The number of aliphatic hydroxyl groups excluding tert-OH is 1. The Morgan fingerprint density at radius 2 is 1.84 bits per heavy atom. The Hall–Kier alpha value is -3.57. The third-order valence-electron chi connectivity index (χ3n) is 8.29. The zero-order valence-corrected chi connectivity index (χ0v) is 20.9. The molecule has 4 aliphatic rings. The van der Waals surface area contributed by atoms with Gasteiger partial charge in [-0.15, -0.1) is 5.10 Å². The smallest absolute Gasteiger partial charge is 0.250 e. The van der Waals surface area contributed by atoms with E-state index in [1.165, 1.54) is 4.90 Å². The van der Waals surface area contributed by atoms with Crippen molar-refractivity contribution < 1.29 is 24.2 Å². The number of carbonyl (C=O) groups excluding carboxylic acids is 3. The Balaban J connectivity index is 1.44. The minimum absolute atomic E-state index is 0.0312. The highest BCUT2D eigenvalue weighted by molar-refractivity contribution is 6.00. The number of benzene rings is 1. The largest absolute Gasteiger partial charge is 0.395 e. The van der Waals surface area contributed by atoms with Crippen molar-refractivity contribution in [2.75, 3.05) is 33.3 Å². The maximum Gasteiger partial charge on any atom is 0.250 e. The van der Waals surface area contributed by atoms with Crippen molar-refractivity contribution in [1.29, 1.82) is 0 Å². The third kappa shape index (κ3) is 3.23. The first-order valence-electron chi connectivity index (χ1n) is 12.7. The molecule has 1 spiro atoms. The van der Waals surface area contributed by atoms with E-state index in [-0.39, 0.29) is 44.1 Å². The molecule has 0 bridgehead atoms. The molecule has 4 aliphatic heterocycles. The topological polar surface area (TPSA) is 121 Å². The fourth-order valence-corrected chi connectivity index (χ4v) is 6.59. The highest BCUT2D eigenvalue weighted by Crippen LogP contribution is 2.58. The van der Waals surface area contributed by atoms with Gasteiger partial charge in [0.05, 0.1) is 29.6 Å². The summed E-state index contributed by atoms with van der Waals surface area (Å²) < 4.78 is 8.47. The Morgan fingerprint density at radius 3 is 2.62 bits per heavy atom. The number of fused-ring (bicyclic) bond motifs is 3. The third-order valence-corrected chi connectivity index (χ3v) is 8.29. The first-order valence-corrected chi connectivity index (χ1v) is 12.7. The van der Waals surface area contributed by atoms with E-state index in [0.29, 0.717) is 18.5 Å². The van der Waals surface area contributed by atoms with Crippen LogP contribution in [0.5, 0.6) is 0 Å². The van der Waals surface area contributed by atoms with Gasteiger partial charge in [0, 0.05) is 26.7 Å². The molecule has 5 heterocycles. The van der Waals surface area contributed by atoms with Crippen molar-refractivity contribution in [3.05, 3.63) is 48.6 Å². The predicted molar refractivity (Wildman–Crippen MR) is 132 cm³/mol. The first kappa shape index (κ1) is 23.8. The van der Waals surface area contributed by atoms with Gasteiger partial charge in [0.25, 0.3) is 5.91 Å². The number of ether oxygens (including phenoxy) is 1. The molecule has 1 N–H and O–H groups in total. The van der Waals surface area contributed by atoms with Crippen molar-refractivity contribution in [3.8, 4) is 0 Å². The quantitative estimate of drug-likeness (QED) is 0.574. The van der Waals surface area contributed by atoms with Crippen LogP contribution < -0.4 is 0 Å². The molecular formula is C26H30N6O5. The molecule has 0 saturated carbocycles. The molecule has 2 saturated heterocycles. The molecule has 11 nitrogen and oxygen atoms in total. The van der Waals surface area contributed by atoms with Crippen LogP contribution in [0.1, 0.15) is 13.3 Å². The van der Waals surface area contributed by atoms with E-state index in [0.717, 1.165) is 5.52 Å². The molecular weight excluding hydrogens is 476 g/mol. The zero-order chi connectivity index (χ0) is 25.9. The van der Waals surface area contributed by atoms with Crippen LogP contribution in [-0.4, -0.2) is 103 Å². The van der Waals surface area contributed by atoms with Crippen molar-refractivity contribution in [3.63, 3.8) is 0 Å². The van der Waals surface area contributed by atoms with Crippen LogP contribution in [0, 0.1) is 11.8 Å². The number of likely N-dealkylation sites (N-methyl/N-ethyl adjacent to an activating group) is 1. The van der Waals surface area contributed by atoms with Crippen molar-refractivity contribution >= 4 is 28.8 Å². The van der Waals surface area contributed by atoms with Crippen LogP contribution in [0.15, 0.2) is 48.6 Å². The fraction of sp³-hybridized carbons (Fsp3) is 0.500. The lowest BCUT2D eigenvalue weighted by Crippen LogP contribution is -2.56. The van der Waals surface area contributed by atoms with Gasteiger partial charge in [0.1, 0.15) is 23.8 Å². The highest BCUT2D eigenvalue weighted by Gasteiger charge is 2.75. The van der Waals surface area contributed by atoms with Crippen molar-refractivity contribution in [2.24, 2.45) is 11.8 Å². The highest BCUT2D eigenvalue weighted by atomic mass is 16.5. The normalized spacial score (nSPS) is 33.1. The zero-order valence-electron chi connectivity index (χ0n) is 20.9. The standard InChI is InChI=1S/C26H30N6O5/c1-3-25-10-6-12-29(2)22(34)19(25)20-23(35)31(14-15-33)21-24(36)30(13-7-11-26(20,21)37-25)16-32-18-9-5-4-8-17(18)27-28-32/h4-11,19-21,33H,3,12-16H2,1-2H3/t19-,20-,21?,25+,26-/m0/s1. The lowest BCUT2D eigenvalue weighted by Gasteiger charge is -2.38. The second-order valence-electron chi connectivity index (χ2n) is 10.2. The second kappa shape index (κ2) is 8.49. The summed E-state index contributed by atoms with van der Waals surface area (Å²) in [7, 11) is 1.71. The Labute approximate surface area is 213 Å². The van der Waals surface area contributed by atoms with E-state index >= 15 is 0 Å². The summed E-state index contributed by atoms with van der Waals surface area (Å²) in [5, 5.41) is 18.2. The van der Waals surface area contributed by atoms with Crippen LogP contribution in [0.3, 0.4) is 0 Å². The number of amides is 3. The van der Waals surface area contributed by atoms with E-state index < -0.39 is 29.1 Å². The number of β-amino-alcohol motifs (C(OH)–C–C–N with tert-alkyl or cyclic N) is 1. The molecule has 1 aromatic carbocycles. The summed E-state index contributed by atoms with van der Waals surface area (Å²) >= 11 is 0. The van der Waals surface area contributed by atoms with E-state index in [4.69, 9.17) is 4.74 Å². The van der Waals surface area contributed by atoms with Gasteiger partial charge < -0.3 is 24.5 Å². The van der Waals surface area contributed by atoms with Gasteiger partial charge in [-0.1, -0.05) is 48.6 Å². The summed E-state index contributed by atoms with van der Waals surface area (Å²) in [5.41, 5.74) is -0.836. The molecule has 3 amide bonds. The molecule has 2 aromatic rings. The summed E-state index contributed by atoms with van der Waals surface area (Å²) in [5.74, 6) is -2.50. The summed E-state index contributed by atoms with van der Waals surface area (Å²) in [4.78, 5) is 46.4. The molecule has 5 atom stereocenters. The lowest BCUT2D eigenvalue weighted by molar-refractivity contribution is -0.155. The number of nitrogens with zero attached hydrogens (tertiary/aromatic N) is 6. The number of rotatable bonds is 5. The molecule has 1 unspecified atom stereocenters. The minimum atomic E-state index is -1.33. The lowest BCUT2D eigenvalue weighted by atomic mass is 9.73. The first-order chi connectivity index (χ1) is 17.9. The van der Waals surface area contributed by atoms with Crippen LogP contribution in [-0.2, 0) is 25.8 Å². The molecule has 2 fully saturated rings. The average Bonchev–Trinajstić information content (AvgIpc) is 3.44. The average molecular weight is 507 g/mol. The van der Waals surface area contributed by atoms with Gasteiger partial charge in [0.2, 0.25) is 11.8 Å². The number of para-hydroxylation sites is 1. The van der Waals surface area contributed by atoms with E-state index in [1.54, 1.807) is 21.5 Å². The van der Waals surface area contributed by atoms with Crippen molar-refractivity contribution in [2.45, 2.75) is 37.3 Å². The Kier molecular flexibility index (Phi) is 5.46. The molecule has 11 heteroatoms. The number of hydrogen-bond donors (Lipinski definition) is 1. The number of hydrogen-bond acceptors (Lipinski definition) is 7. The second-order valence-corrected chi connectivity index (χ2v) is 10.2. The molecule has 194 valence electrons. The number of likely N-dealkylation sites (tertiary alicyclic amines) is 1. The van der Waals surface area contributed by atoms with Crippen LogP contribution in [0.4, 0.5) is 0 Å². The number of aromatic nitrogens is 3. The summed E-state index contributed by atoms with van der Waals surface area (Å²) in [6, 6.07) is 6.47. The molecule has 0 aliphatic carbocycles. The molecule has 37 heavy (non-hydrogen) atoms. The van der Waals surface area contributed by atoms with Gasteiger partial charge in [-0.3, -0.25) is 14.4 Å². The fourth-order valence-electron chi connectivity index (χ4n) is 6.59. The maximum absolute atomic E-state index is 14.2. The molecule has 6 rings (SSSR count). The summed E-state index contributed by atoms with van der Waals surface area (Å²) in [6.45, 7) is 2.42. The van der Waals surface area contributed by atoms with Gasteiger partial charge in [-0.2, -0.15) is 0 Å². The summed E-state index contributed by atoms with van der Waals surface area (Å²) in [6.07, 6.45) is 7.92. The number of aliphatic hydroxyl groups is 1. The molecule has 1 aromatic heterocycles. The maximum atomic E-state index is 14.2. The van der Waals surface area contributed by atoms with Crippen LogP contribution >= 0.6 is 0 Å². The van der Waals surface area contributed by atoms with Gasteiger partial charge in [-0.05, 0) is 18.6 Å². The SMILES string of the molecule is CC[C@@]12C=CCN(C)C(=O)[C@@H]1[C@H]1C(=O)N(CCO)C3C(=O)N(Cn4nnc5ccccc54)CC=C[C@@]31O2. The molecule has 0 radical (unpaired) electrons. The van der Waals surface area contributed by atoms with Gasteiger partial charge in [0.15, 0.2) is 0 Å². The van der Waals surface area contributed by atoms with E-state index in [9.17, 15) is 19.5 Å². The van der Waals surface area contributed by atoms with Crippen molar-refractivity contribution in [1.82, 2.24) is 29.7 Å². The van der Waals surface area contributed by atoms with Crippen LogP contribution in [0.25, 0.3) is 11.0 Å². The van der Waals surface area contributed by atoms with Gasteiger partial charge >= 0.3 is 0 Å². The van der Waals surface area contributed by atoms with Gasteiger partial charge in [-0.25, -0.2) is 4.68 Å². The minimum Gasteiger partial charge on any atom is -0.395 e. The Morgan fingerprint density at radius 1 is 1.05 bits per heavy atom. The number of carbonyl (C=O) groups is 3. The van der Waals surface area contributed by atoms with E-state index in [1.807, 2.05) is 55.5 Å². The Bertz CT molecular complexity index is 1340. The monoisotopic (exact) mass is 506 g/mol. The van der Waals surface area contributed by atoms with E-state index in [2.05, 4.69) is 10.3 Å². The predicted octanol–water partition coefficient (Wildman–Crippen LogP) is 0.169.